The molecule has 1 aromatic carbocycles. The molecule has 1 amide bonds. The fraction of sp³-hybridized carbons (Fsp3) is 0.591. The fourth-order valence-electron chi connectivity index (χ4n) is 4.18. The first-order valence-corrected chi connectivity index (χ1v) is 10.8. The monoisotopic (exact) mass is 413 g/mol. The van der Waals surface area contributed by atoms with Crippen LogP contribution in [0.2, 0.25) is 0 Å². The highest BCUT2D eigenvalue weighted by Gasteiger charge is 2.31. The summed E-state index contributed by atoms with van der Waals surface area (Å²) in [4.78, 5) is 15.1. The summed E-state index contributed by atoms with van der Waals surface area (Å²) >= 11 is 0. The normalized spacial score (nSPS) is 20.7. The highest BCUT2D eigenvalue weighted by atomic mass is 16.5. The van der Waals surface area contributed by atoms with E-state index in [-0.39, 0.29) is 29.5 Å². The number of phenolic OH excluding ortho intramolecular Hbond substituents is 1. The lowest BCUT2D eigenvalue weighted by atomic mass is 10.0. The molecule has 1 saturated heterocycles. The molecule has 0 spiro atoms. The van der Waals surface area contributed by atoms with Gasteiger partial charge in [-0.3, -0.25) is 9.69 Å². The quantitative estimate of drug-likeness (QED) is 0.751. The largest absolute Gasteiger partial charge is 0.508 e. The number of aromatic hydroxyl groups is 1. The van der Waals surface area contributed by atoms with E-state index in [0.717, 1.165) is 50.7 Å². The molecule has 0 radical (unpaired) electrons. The van der Waals surface area contributed by atoms with Gasteiger partial charge in [-0.15, -0.1) is 10.2 Å². The van der Waals surface area contributed by atoms with Gasteiger partial charge in [0.05, 0.1) is 18.6 Å². The number of ether oxygens (including phenoxy) is 1. The van der Waals surface area contributed by atoms with Crippen molar-refractivity contribution >= 4 is 5.91 Å². The van der Waals surface area contributed by atoms with Crippen molar-refractivity contribution in [2.45, 2.75) is 45.8 Å². The van der Waals surface area contributed by atoms with E-state index in [1.54, 1.807) is 12.1 Å². The Morgan fingerprint density at radius 3 is 2.73 bits per heavy atom. The summed E-state index contributed by atoms with van der Waals surface area (Å²) < 4.78 is 7.56. The van der Waals surface area contributed by atoms with Crippen LogP contribution in [0.1, 0.15) is 43.5 Å². The second-order valence-corrected chi connectivity index (χ2v) is 8.61. The van der Waals surface area contributed by atoms with Crippen LogP contribution in [-0.4, -0.2) is 57.0 Å². The third-order valence-corrected chi connectivity index (χ3v) is 6.03. The molecular weight excluding hydrogens is 382 g/mol. The van der Waals surface area contributed by atoms with E-state index in [0.29, 0.717) is 13.2 Å². The van der Waals surface area contributed by atoms with Crippen molar-refractivity contribution in [2.24, 2.45) is 11.8 Å². The van der Waals surface area contributed by atoms with Crippen molar-refractivity contribution < 1.29 is 14.6 Å². The van der Waals surface area contributed by atoms with Crippen molar-refractivity contribution in [1.29, 1.82) is 0 Å². The number of nitrogens with zero attached hydrogens (tertiary/aromatic N) is 4. The summed E-state index contributed by atoms with van der Waals surface area (Å²) in [5, 5.41) is 21.6. The summed E-state index contributed by atoms with van der Waals surface area (Å²) in [7, 11) is 0. The Morgan fingerprint density at radius 1 is 1.23 bits per heavy atom. The van der Waals surface area contributed by atoms with Crippen LogP contribution in [0.25, 0.3) is 0 Å². The van der Waals surface area contributed by atoms with Gasteiger partial charge >= 0.3 is 0 Å². The van der Waals surface area contributed by atoms with Crippen molar-refractivity contribution in [3.63, 3.8) is 0 Å². The number of amides is 1. The summed E-state index contributed by atoms with van der Waals surface area (Å²) in [6.45, 7) is 8.77. The first-order valence-electron chi connectivity index (χ1n) is 10.8. The maximum Gasteiger partial charge on any atom is 0.226 e. The van der Waals surface area contributed by atoms with E-state index in [4.69, 9.17) is 4.74 Å². The van der Waals surface area contributed by atoms with Crippen molar-refractivity contribution in [2.75, 3.05) is 26.3 Å². The summed E-state index contributed by atoms with van der Waals surface area (Å²) in [6.07, 6.45) is 1.60. The highest BCUT2D eigenvalue weighted by Crippen LogP contribution is 2.24. The number of aromatic nitrogens is 3. The van der Waals surface area contributed by atoms with Gasteiger partial charge in [0, 0.05) is 39.2 Å². The lowest BCUT2D eigenvalue weighted by molar-refractivity contribution is -0.126. The topological polar surface area (TPSA) is 92.5 Å². The van der Waals surface area contributed by atoms with E-state index >= 15 is 0 Å². The number of fused-ring (bicyclic) bond motifs is 1. The van der Waals surface area contributed by atoms with E-state index in [2.05, 4.69) is 38.8 Å². The van der Waals surface area contributed by atoms with Gasteiger partial charge in [-0.2, -0.15) is 0 Å². The second kappa shape index (κ2) is 9.14. The standard InChI is InChI=1S/C22H31N5O3/c1-15(2)20(23-22(29)17-8-12-30-14-17)21-25-24-19-7-9-26(10-11-27(19)21)13-16-3-5-18(28)6-4-16/h3-6,15,17,20,28H,7-14H2,1-2H3,(H,23,29)/t17-,20-/m0/s1. The number of nitrogens with one attached hydrogen (secondary N) is 1. The summed E-state index contributed by atoms with van der Waals surface area (Å²) in [6, 6.07) is 7.21. The lowest BCUT2D eigenvalue weighted by Crippen LogP contribution is -2.38. The van der Waals surface area contributed by atoms with Gasteiger partial charge in [-0.1, -0.05) is 26.0 Å². The molecule has 2 aliphatic rings. The third-order valence-electron chi connectivity index (χ3n) is 6.03. The van der Waals surface area contributed by atoms with Crippen LogP contribution in [0, 0.1) is 11.8 Å². The zero-order valence-corrected chi connectivity index (χ0v) is 17.8. The molecule has 162 valence electrons. The SMILES string of the molecule is CC(C)[C@H](NC(=O)[C@H]1CCOC1)c1nnc2n1CCN(Cc1ccc(O)cc1)CC2. The van der Waals surface area contributed by atoms with Crippen LogP contribution in [0.15, 0.2) is 24.3 Å². The van der Waals surface area contributed by atoms with Crippen molar-refractivity contribution in [1.82, 2.24) is 25.0 Å². The average molecular weight is 414 g/mol. The van der Waals surface area contributed by atoms with Crippen LogP contribution in [0.4, 0.5) is 0 Å². The number of phenols is 1. The van der Waals surface area contributed by atoms with Gasteiger partial charge in [0.25, 0.3) is 0 Å². The van der Waals surface area contributed by atoms with E-state index < -0.39 is 0 Å². The van der Waals surface area contributed by atoms with Crippen LogP contribution in [-0.2, 0) is 29.0 Å². The van der Waals surface area contributed by atoms with Crippen molar-refractivity contribution in [3.05, 3.63) is 41.5 Å². The van der Waals surface area contributed by atoms with Crippen molar-refractivity contribution in [3.8, 4) is 5.75 Å². The minimum atomic E-state index is -0.164. The molecule has 0 aliphatic carbocycles. The number of hydrogen-bond acceptors (Lipinski definition) is 6. The first kappa shape index (κ1) is 20.8. The molecular formula is C22H31N5O3. The average Bonchev–Trinajstić information content (AvgIpc) is 3.36. The minimum absolute atomic E-state index is 0.0473. The molecule has 2 aromatic rings. The van der Waals surface area contributed by atoms with Crippen LogP contribution in [0.5, 0.6) is 5.75 Å². The summed E-state index contributed by atoms with van der Waals surface area (Å²) in [5.74, 6) is 2.29. The summed E-state index contributed by atoms with van der Waals surface area (Å²) in [5.41, 5.74) is 1.18. The smallest absolute Gasteiger partial charge is 0.226 e. The Hall–Kier alpha value is -2.45. The molecule has 30 heavy (non-hydrogen) atoms. The Bertz CT molecular complexity index is 858. The van der Waals surface area contributed by atoms with Gasteiger partial charge in [0.2, 0.25) is 5.91 Å². The molecule has 1 fully saturated rings. The third kappa shape index (κ3) is 4.65. The number of hydrogen-bond donors (Lipinski definition) is 2. The Morgan fingerprint density at radius 2 is 2.03 bits per heavy atom. The zero-order chi connectivity index (χ0) is 21.1. The molecule has 8 nitrogen and oxygen atoms in total. The van der Waals surface area contributed by atoms with Crippen LogP contribution < -0.4 is 5.32 Å². The molecule has 0 bridgehead atoms. The Balaban J connectivity index is 1.45. The maximum atomic E-state index is 12.7. The van der Waals surface area contributed by atoms with Gasteiger partial charge < -0.3 is 19.7 Å². The molecule has 2 atom stereocenters. The minimum Gasteiger partial charge on any atom is -0.508 e. The molecule has 0 saturated carbocycles. The lowest BCUT2D eigenvalue weighted by Gasteiger charge is -2.24. The highest BCUT2D eigenvalue weighted by molar-refractivity contribution is 5.79. The molecule has 8 heteroatoms. The van der Waals surface area contributed by atoms with E-state index in [1.165, 1.54) is 5.56 Å². The van der Waals surface area contributed by atoms with Crippen LogP contribution >= 0.6 is 0 Å². The molecule has 2 aliphatic heterocycles. The molecule has 0 unspecified atom stereocenters. The zero-order valence-electron chi connectivity index (χ0n) is 17.8. The van der Waals surface area contributed by atoms with E-state index in [9.17, 15) is 9.90 Å². The Labute approximate surface area is 177 Å². The maximum absolute atomic E-state index is 12.7. The number of carbonyl (C=O) groups excluding carboxylic acids is 1. The molecule has 1 aromatic heterocycles. The number of rotatable bonds is 6. The molecule has 4 rings (SSSR count). The first-order chi connectivity index (χ1) is 14.5. The molecule has 2 N–H and O–H groups in total. The van der Waals surface area contributed by atoms with Gasteiger partial charge in [0.15, 0.2) is 5.82 Å². The van der Waals surface area contributed by atoms with Crippen LogP contribution in [0.3, 0.4) is 0 Å². The Kier molecular flexibility index (Phi) is 6.34. The van der Waals surface area contributed by atoms with Gasteiger partial charge in [-0.25, -0.2) is 0 Å². The second-order valence-electron chi connectivity index (χ2n) is 8.61. The predicted octanol–water partition coefficient (Wildman–Crippen LogP) is 1.89. The van der Waals surface area contributed by atoms with Gasteiger partial charge in [0.1, 0.15) is 11.6 Å². The predicted molar refractivity (Wildman–Crippen MR) is 112 cm³/mol. The fourth-order valence-corrected chi connectivity index (χ4v) is 4.18. The molecule has 3 heterocycles. The number of carbonyl (C=O) groups is 1. The van der Waals surface area contributed by atoms with E-state index in [1.807, 2.05) is 12.1 Å². The number of benzene rings is 1. The van der Waals surface area contributed by atoms with Gasteiger partial charge in [-0.05, 0) is 30.0 Å².